The molecule has 0 radical (unpaired) electrons. The van der Waals surface area contributed by atoms with Gasteiger partial charge in [0.1, 0.15) is 0 Å². The third-order valence-corrected chi connectivity index (χ3v) is 12.8. The van der Waals surface area contributed by atoms with E-state index in [1.54, 1.807) is 18.0 Å². The molecule has 4 aliphatic rings. The minimum absolute atomic E-state index is 0.0211. The van der Waals surface area contributed by atoms with Gasteiger partial charge in [-0.05, 0) is 100 Å². The maximum absolute atomic E-state index is 14.3. The molecular formula is C44H60N6O8. The number of nitrogens with one attached hydrogen (secondary N) is 1. The molecule has 7 rings (SSSR count). The fourth-order valence-electron chi connectivity index (χ4n) is 9.36. The Morgan fingerprint density at radius 3 is 2.31 bits per heavy atom. The molecule has 0 unspecified atom stereocenters. The first kappa shape index (κ1) is 41.3. The van der Waals surface area contributed by atoms with E-state index in [4.69, 9.17) is 13.9 Å². The van der Waals surface area contributed by atoms with Gasteiger partial charge in [0.25, 0.3) is 5.91 Å². The van der Waals surface area contributed by atoms with Crippen LogP contribution in [0.1, 0.15) is 87.8 Å². The smallest absolute Gasteiger partial charge is 0.419 e. The molecule has 2 aromatic carbocycles. The molecule has 0 spiro atoms. The van der Waals surface area contributed by atoms with E-state index in [-0.39, 0.29) is 36.3 Å². The Morgan fingerprint density at radius 2 is 1.57 bits per heavy atom. The molecule has 3 aromatic rings. The van der Waals surface area contributed by atoms with Crippen LogP contribution in [0, 0.1) is 12.8 Å². The van der Waals surface area contributed by atoms with Crippen LogP contribution in [0.15, 0.2) is 45.6 Å². The average Bonchev–Trinajstić information content (AvgIpc) is 3.41. The highest BCUT2D eigenvalue weighted by Crippen LogP contribution is 2.28. The number of para-hydroxylation sites is 1. The minimum atomic E-state index is -1.08. The van der Waals surface area contributed by atoms with Gasteiger partial charge in [-0.1, -0.05) is 50.5 Å². The van der Waals surface area contributed by atoms with Crippen LogP contribution >= 0.6 is 0 Å². The lowest BCUT2D eigenvalue weighted by molar-refractivity contribution is -0.151. The van der Waals surface area contributed by atoms with Crippen molar-refractivity contribution in [3.05, 3.63) is 63.6 Å². The van der Waals surface area contributed by atoms with Gasteiger partial charge < -0.3 is 38.8 Å². The van der Waals surface area contributed by atoms with Gasteiger partial charge >= 0.3 is 23.8 Å². The summed E-state index contributed by atoms with van der Waals surface area (Å²) in [6.07, 6.45) is 7.95. The van der Waals surface area contributed by atoms with Crippen molar-refractivity contribution in [1.82, 2.24) is 24.2 Å². The zero-order chi connectivity index (χ0) is 40.8. The number of hydrogen-bond acceptors (Lipinski definition) is 9. The number of aryl methyl sites for hydroxylation is 2. The molecule has 3 saturated heterocycles. The lowest BCUT2D eigenvalue weighted by atomic mass is 9.93. The van der Waals surface area contributed by atoms with Gasteiger partial charge in [-0.25, -0.2) is 14.4 Å². The molecule has 0 bridgehead atoms. The predicted molar refractivity (Wildman–Crippen MR) is 220 cm³/mol. The molecular weight excluding hydrogens is 741 g/mol. The van der Waals surface area contributed by atoms with Crippen LogP contribution in [0.2, 0.25) is 0 Å². The number of esters is 1. The normalized spacial score (nSPS) is 19.4. The number of anilines is 1. The third-order valence-electron chi connectivity index (χ3n) is 12.8. The fourth-order valence-corrected chi connectivity index (χ4v) is 9.36. The zero-order valence-electron chi connectivity index (χ0n) is 34.4. The molecule has 3 fully saturated rings. The number of fused-ring (bicyclic) bond motifs is 2. The molecule has 1 atom stereocenters. The number of nitrogens with zero attached hydrogens (tertiary/aromatic N) is 5. The van der Waals surface area contributed by atoms with Crippen molar-refractivity contribution in [2.45, 2.75) is 109 Å². The van der Waals surface area contributed by atoms with Crippen molar-refractivity contribution in [3.8, 4) is 0 Å². The number of likely N-dealkylation sites (tertiary alicyclic amines) is 3. The first-order chi connectivity index (χ1) is 28.1. The molecule has 5 heterocycles. The van der Waals surface area contributed by atoms with E-state index < -0.39 is 18.0 Å². The SMILES string of the molecule is CCCCCCOC(=O)C1CCN(C2CCN(C(=O)[C@@H](Cc3cc(C)c4c(c3)oc(=O)n4C)OC(=O)N3CCC(N4CCc5ccccc5NC4=O)CC3)CC2)CC1. The number of rotatable bonds is 12. The molecule has 1 aromatic heterocycles. The van der Waals surface area contributed by atoms with Crippen LogP contribution in [0.3, 0.4) is 0 Å². The van der Waals surface area contributed by atoms with Crippen molar-refractivity contribution in [2.24, 2.45) is 13.0 Å². The highest BCUT2D eigenvalue weighted by Gasteiger charge is 2.37. The Balaban J connectivity index is 0.958. The Labute approximate surface area is 340 Å². The molecule has 58 heavy (non-hydrogen) atoms. The van der Waals surface area contributed by atoms with Gasteiger partial charge in [-0.15, -0.1) is 0 Å². The summed E-state index contributed by atoms with van der Waals surface area (Å²) in [5.41, 5.74) is 4.61. The Hall–Kier alpha value is -4.85. The fraction of sp³-hybridized carbons (Fsp3) is 0.614. The topological polar surface area (TPSA) is 147 Å². The number of piperidine rings is 3. The molecule has 14 nitrogen and oxygen atoms in total. The number of carbonyl (C=O) groups is 4. The first-order valence-corrected chi connectivity index (χ1v) is 21.5. The lowest BCUT2D eigenvalue weighted by Gasteiger charge is -2.42. The monoisotopic (exact) mass is 800 g/mol. The van der Waals surface area contributed by atoms with E-state index in [0.29, 0.717) is 69.3 Å². The van der Waals surface area contributed by atoms with Crippen LogP contribution < -0.4 is 11.1 Å². The van der Waals surface area contributed by atoms with E-state index in [0.717, 1.165) is 93.3 Å². The highest BCUT2D eigenvalue weighted by atomic mass is 16.6. The maximum Gasteiger partial charge on any atom is 0.419 e. The van der Waals surface area contributed by atoms with Crippen LogP contribution in [-0.4, -0.2) is 119 Å². The second-order valence-corrected chi connectivity index (χ2v) is 16.6. The van der Waals surface area contributed by atoms with Crippen molar-refractivity contribution >= 4 is 40.8 Å². The molecule has 314 valence electrons. The van der Waals surface area contributed by atoms with Gasteiger partial charge in [-0.2, -0.15) is 0 Å². The molecule has 0 aliphatic carbocycles. The Kier molecular flexibility index (Phi) is 13.4. The highest BCUT2D eigenvalue weighted by molar-refractivity contribution is 5.91. The summed E-state index contributed by atoms with van der Waals surface area (Å²) in [5.74, 6) is -0.829. The standard InChI is InChI=1S/C44H60N6O8/c1-4-5-6-9-26-56-41(52)33-12-19-47(20-13-33)34-15-21-48(22-16-34)40(51)38(29-31-27-30(2)39-37(28-31)57-43(54)46(39)3)58-44(55)49-23-17-35(18-24-49)50-25-14-32-10-7-8-11-36(32)45-42(50)53/h7-8,10-11,27-28,33-35,38H,4-6,9,12-26,29H2,1-3H3,(H,45,53)/t38-/m1/s1. The summed E-state index contributed by atoms with van der Waals surface area (Å²) in [6.45, 7) is 8.71. The predicted octanol–water partition coefficient (Wildman–Crippen LogP) is 5.87. The summed E-state index contributed by atoms with van der Waals surface area (Å²) >= 11 is 0. The second kappa shape index (κ2) is 18.8. The summed E-state index contributed by atoms with van der Waals surface area (Å²) in [5, 5.41) is 3.05. The van der Waals surface area contributed by atoms with Gasteiger partial charge in [0.15, 0.2) is 11.7 Å². The van der Waals surface area contributed by atoms with E-state index in [2.05, 4.69) is 17.1 Å². The minimum Gasteiger partial charge on any atom is -0.465 e. The van der Waals surface area contributed by atoms with Crippen LogP contribution in [0.4, 0.5) is 15.3 Å². The number of amides is 4. The number of unbranched alkanes of at least 4 members (excludes halogenated alkanes) is 3. The Bertz CT molecular complexity index is 1990. The number of hydrogen-bond donors (Lipinski definition) is 1. The lowest BCUT2D eigenvalue weighted by Crippen LogP contribution is -2.53. The van der Waals surface area contributed by atoms with E-state index in [1.165, 1.54) is 4.57 Å². The van der Waals surface area contributed by atoms with E-state index in [9.17, 15) is 24.0 Å². The molecule has 4 aliphatic heterocycles. The molecule has 0 saturated carbocycles. The zero-order valence-corrected chi connectivity index (χ0v) is 34.4. The van der Waals surface area contributed by atoms with E-state index >= 15 is 0 Å². The number of carbonyl (C=O) groups excluding carboxylic acids is 4. The van der Waals surface area contributed by atoms with Gasteiger partial charge in [0, 0.05) is 64.0 Å². The Morgan fingerprint density at radius 1 is 0.862 bits per heavy atom. The molecule has 4 amide bonds. The van der Waals surface area contributed by atoms with Crippen LogP contribution in [0.25, 0.3) is 11.1 Å². The van der Waals surface area contributed by atoms with Crippen LogP contribution in [0.5, 0.6) is 0 Å². The second-order valence-electron chi connectivity index (χ2n) is 16.6. The molecule has 1 N–H and O–H groups in total. The average molecular weight is 801 g/mol. The van der Waals surface area contributed by atoms with E-state index in [1.807, 2.05) is 47.1 Å². The number of aromatic nitrogens is 1. The quantitative estimate of drug-likeness (QED) is 0.176. The number of urea groups is 1. The van der Waals surface area contributed by atoms with Crippen molar-refractivity contribution in [2.75, 3.05) is 57.7 Å². The van der Waals surface area contributed by atoms with Gasteiger partial charge in [0.2, 0.25) is 0 Å². The first-order valence-electron chi connectivity index (χ1n) is 21.5. The summed E-state index contributed by atoms with van der Waals surface area (Å²) in [4.78, 5) is 74.2. The summed E-state index contributed by atoms with van der Waals surface area (Å²) in [6, 6.07) is 11.7. The number of oxazole rings is 1. The van der Waals surface area contributed by atoms with Gasteiger partial charge in [-0.3, -0.25) is 14.2 Å². The third kappa shape index (κ3) is 9.54. The maximum atomic E-state index is 14.3. The van der Waals surface area contributed by atoms with Crippen molar-refractivity contribution < 1.29 is 33.1 Å². The van der Waals surface area contributed by atoms with Crippen LogP contribution in [-0.2, 0) is 39.0 Å². The number of benzene rings is 2. The summed E-state index contributed by atoms with van der Waals surface area (Å²) in [7, 11) is 1.66. The molecule has 14 heteroatoms. The van der Waals surface area contributed by atoms with Crippen molar-refractivity contribution in [1.29, 1.82) is 0 Å². The van der Waals surface area contributed by atoms with Gasteiger partial charge in [0.05, 0.1) is 18.0 Å². The summed E-state index contributed by atoms with van der Waals surface area (Å²) < 4.78 is 18.7. The largest absolute Gasteiger partial charge is 0.465 e. The number of ether oxygens (including phenoxy) is 2. The van der Waals surface area contributed by atoms with Crippen molar-refractivity contribution in [3.63, 3.8) is 0 Å².